The van der Waals surface area contributed by atoms with Crippen LogP contribution in [-0.4, -0.2) is 33.9 Å². The molecule has 0 aromatic carbocycles. The average Bonchev–Trinajstić information content (AvgIpc) is 2.95. The first kappa shape index (κ1) is 15.0. The molecular formula is C15H25N3O2. The fourth-order valence-corrected chi connectivity index (χ4v) is 2.83. The van der Waals surface area contributed by atoms with Gasteiger partial charge in [0.15, 0.2) is 0 Å². The predicted molar refractivity (Wildman–Crippen MR) is 77.5 cm³/mol. The van der Waals surface area contributed by atoms with Crippen LogP contribution in [0, 0.1) is 11.8 Å². The summed E-state index contributed by atoms with van der Waals surface area (Å²) in [6, 6.07) is 0.264. The summed E-state index contributed by atoms with van der Waals surface area (Å²) in [7, 11) is 0. The summed E-state index contributed by atoms with van der Waals surface area (Å²) in [5.41, 5.74) is 0.619. The number of carbonyl (C=O) groups excluding carboxylic acids is 1. The number of nitrogens with one attached hydrogen (secondary N) is 1. The minimum atomic E-state index is -0.0528. The molecule has 0 aliphatic heterocycles. The van der Waals surface area contributed by atoms with Gasteiger partial charge in [-0.15, -0.1) is 0 Å². The molecule has 2 atom stereocenters. The van der Waals surface area contributed by atoms with Crippen molar-refractivity contribution in [2.24, 2.45) is 11.8 Å². The predicted octanol–water partition coefficient (Wildman–Crippen LogP) is 1.99. The number of rotatable bonds is 5. The van der Waals surface area contributed by atoms with Gasteiger partial charge in [-0.3, -0.25) is 9.48 Å². The van der Waals surface area contributed by atoms with Crippen molar-refractivity contribution in [1.29, 1.82) is 0 Å². The van der Waals surface area contributed by atoms with Gasteiger partial charge in [-0.05, 0) is 44.9 Å². The van der Waals surface area contributed by atoms with Crippen molar-refractivity contribution in [1.82, 2.24) is 15.1 Å². The van der Waals surface area contributed by atoms with E-state index >= 15 is 0 Å². The summed E-state index contributed by atoms with van der Waals surface area (Å²) in [6.45, 7) is 5.03. The highest BCUT2D eigenvalue weighted by atomic mass is 16.3. The molecule has 0 bridgehead atoms. The third-order valence-corrected chi connectivity index (χ3v) is 4.09. The fraction of sp³-hybridized carbons (Fsp3) is 0.733. The Morgan fingerprint density at radius 2 is 2.25 bits per heavy atom. The Bertz CT molecular complexity index is 442. The number of aliphatic hydroxyl groups is 1. The Kier molecular flexibility index (Phi) is 5.17. The second kappa shape index (κ2) is 6.88. The lowest BCUT2D eigenvalue weighted by atomic mass is 9.82. The lowest BCUT2D eigenvalue weighted by Crippen LogP contribution is -2.32. The Morgan fingerprint density at radius 3 is 2.90 bits per heavy atom. The van der Waals surface area contributed by atoms with Gasteiger partial charge in [-0.2, -0.15) is 5.10 Å². The van der Waals surface area contributed by atoms with Crippen molar-refractivity contribution in [2.45, 2.75) is 45.6 Å². The van der Waals surface area contributed by atoms with E-state index in [-0.39, 0.29) is 18.6 Å². The van der Waals surface area contributed by atoms with Gasteiger partial charge in [-0.1, -0.05) is 6.42 Å². The molecule has 1 heterocycles. The molecule has 1 aliphatic carbocycles. The van der Waals surface area contributed by atoms with Gasteiger partial charge in [-0.25, -0.2) is 0 Å². The summed E-state index contributed by atoms with van der Waals surface area (Å²) in [4.78, 5) is 12.1. The average molecular weight is 279 g/mol. The van der Waals surface area contributed by atoms with E-state index in [0.717, 1.165) is 25.7 Å². The molecule has 112 valence electrons. The van der Waals surface area contributed by atoms with Crippen LogP contribution in [-0.2, 0) is 0 Å². The first-order valence-corrected chi connectivity index (χ1v) is 7.53. The first-order valence-electron chi connectivity index (χ1n) is 7.53. The maximum Gasteiger partial charge on any atom is 0.254 e. The monoisotopic (exact) mass is 279 g/mol. The van der Waals surface area contributed by atoms with Crippen LogP contribution in [0.25, 0.3) is 0 Å². The van der Waals surface area contributed by atoms with Crippen LogP contribution in [0.5, 0.6) is 0 Å². The summed E-state index contributed by atoms with van der Waals surface area (Å²) < 4.78 is 1.79. The molecule has 0 saturated heterocycles. The van der Waals surface area contributed by atoms with E-state index in [0.29, 0.717) is 23.9 Å². The zero-order valence-electron chi connectivity index (χ0n) is 12.4. The molecule has 0 spiro atoms. The molecule has 5 heteroatoms. The summed E-state index contributed by atoms with van der Waals surface area (Å²) in [5, 5.41) is 16.4. The molecule has 20 heavy (non-hydrogen) atoms. The highest BCUT2D eigenvalue weighted by Gasteiger charge is 2.22. The van der Waals surface area contributed by atoms with Gasteiger partial charge in [0.1, 0.15) is 0 Å². The van der Waals surface area contributed by atoms with E-state index in [4.69, 9.17) is 0 Å². The van der Waals surface area contributed by atoms with Gasteiger partial charge in [0.25, 0.3) is 5.91 Å². The van der Waals surface area contributed by atoms with E-state index in [2.05, 4.69) is 10.4 Å². The van der Waals surface area contributed by atoms with Gasteiger partial charge >= 0.3 is 0 Å². The molecule has 1 aliphatic rings. The molecule has 1 aromatic rings. The van der Waals surface area contributed by atoms with Crippen LogP contribution in [0.1, 0.15) is 55.9 Å². The van der Waals surface area contributed by atoms with Crippen LogP contribution in [0.4, 0.5) is 0 Å². The highest BCUT2D eigenvalue weighted by molar-refractivity contribution is 5.93. The zero-order valence-corrected chi connectivity index (χ0v) is 12.4. The molecule has 1 aromatic heterocycles. The van der Waals surface area contributed by atoms with Crippen LogP contribution < -0.4 is 5.32 Å². The summed E-state index contributed by atoms with van der Waals surface area (Å²) in [5.74, 6) is 0.849. The first-order chi connectivity index (χ1) is 9.60. The third-order valence-electron chi connectivity index (χ3n) is 4.09. The zero-order chi connectivity index (χ0) is 14.5. The number of carbonyl (C=O) groups is 1. The van der Waals surface area contributed by atoms with Crippen molar-refractivity contribution in [3.8, 4) is 0 Å². The largest absolute Gasteiger partial charge is 0.396 e. The Labute approximate surface area is 120 Å². The third kappa shape index (κ3) is 3.82. The molecule has 2 rings (SSSR count). The van der Waals surface area contributed by atoms with Crippen molar-refractivity contribution in [2.75, 3.05) is 13.2 Å². The van der Waals surface area contributed by atoms with Gasteiger partial charge in [0, 0.05) is 25.4 Å². The number of nitrogens with zero attached hydrogens (tertiary/aromatic N) is 2. The maximum absolute atomic E-state index is 12.1. The van der Waals surface area contributed by atoms with Gasteiger partial charge < -0.3 is 10.4 Å². The molecule has 1 fully saturated rings. The van der Waals surface area contributed by atoms with Crippen molar-refractivity contribution in [3.63, 3.8) is 0 Å². The second-order valence-electron chi connectivity index (χ2n) is 6.09. The quantitative estimate of drug-likeness (QED) is 0.866. The number of hydrogen-bond donors (Lipinski definition) is 2. The Balaban J connectivity index is 1.82. The number of amides is 1. The lowest BCUT2D eigenvalue weighted by Gasteiger charge is -2.27. The molecule has 1 amide bonds. The van der Waals surface area contributed by atoms with E-state index in [1.54, 1.807) is 17.1 Å². The van der Waals surface area contributed by atoms with Crippen molar-refractivity contribution < 1.29 is 9.90 Å². The summed E-state index contributed by atoms with van der Waals surface area (Å²) in [6.07, 6.45) is 7.83. The fourth-order valence-electron chi connectivity index (χ4n) is 2.83. The van der Waals surface area contributed by atoms with E-state index in [1.807, 2.05) is 13.8 Å². The Hall–Kier alpha value is -1.36. The van der Waals surface area contributed by atoms with Crippen molar-refractivity contribution >= 4 is 5.91 Å². The number of aliphatic hydroxyl groups excluding tert-OH is 1. The molecule has 5 nitrogen and oxygen atoms in total. The molecule has 0 radical (unpaired) electrons. The van der Waals surface area contributed by atoms with Crippen LogP contribution in [0.15, 0.2) is 12.4 Å². The van der Waals surface area contributed by atoms with Crippen LogP contribution >= 0.6 is 0 Å². The molecule has 2 N–H and O–H groups in total. The van der Waals surface area contributed by atoms with Gasteiger partial charge in [0.2, 0.25) is 0 Å². The lowest BCUT2D eigenvalue weighted by molar-refractivity contribution is 0.0934. The van der Waals surface area contributed by atoms with E-state index in [1.165, 1.54) is 0 Å². The second-order valence-corrected chi connectivity index (χ2v) is 6.09. The highest BCUT2D eigenvalue weighted by Crippen LogP contribution is 2.28. The van der Waals surface area contributed by atoms with Gasteiger partial charge in [0.05, 0.1) is 11.8 Å². The molecular weight excluding hydrogens is 254 g/mol. The Morgan fingerprint density at radius 1 is 1.50 bits per heavy atom. The SMILES string of the molecule is CC(C)n1cc(C(=O)NC[C@H]2CCC[C@@H](CO)C2)cn1. The maximum atomic E-state index is 12.1. The van der Waals surface area contributed by atoms with E-state index in [9.17, 15) is 9.90 Å². The number of aromatic nitrogens is 2. The van der Waals surface area contributed by atoms with E-state index < -0.39 is 0 Å². The smallest absolute Gasteiger partial charge is 0.254 e. The molecule has 0 unspecified atom stereocenters. The van der Waals surface area contributed by atoms with Crippen LogP contribution in [0.2, 0.25) is 0 Å². The summed E-state index contributed by atoms with van der Waals surface area (Å²) >= 11 is 0. The standard InChI is InChI=1S/C15H25N3O2/c1-11(2)18-9-14(8-17-18)15(20)16-7-12-4-3-5-13(6-12)10-19/h8-9,11-13,19H,3-7,10H2,1-2H3,(H,16,20)/t12-,13+/m0/s1. The number of hydrogen-bond acceptors (Lipinski definition) is 3. The topological polar surface area (TPSA) is 67.2 Å². The van der Waals surface area contributed by atoms with Crippen molar-refractivity contribution in [3.05, 3.63) is 18.0 Å². The minimum absolute atomic E-state index is 0.0528. The minimum Gasteiger partial charge on any atom is -0.396 e. The molecule has 1 saturated carbocycles. The van der Waals surface area contributed by atoms with Crippen LogP contribution in [0.3, 0.4) is 0 Å². The normalized spacial score (nSPS) is 23.0.